The molecule has 0 spiro atoms. The highest BCUT2D eigenvalue weighted by Gasteiger charge is 1.99. The fraction of sp³-hybridized carbons (Fsp3) is 0.409. The molecular formula is C22H28N2O3. The molecule has 2 rings (SSSR count). The fourth-order valence-corrected chi connectivity index (χ4v) is 2.62. The van der Waals surface area contributed by atoms with E-state index in [2.05, 4.69) is 29.3 Å². The second kappa shape index (κ2) is 11.8. The minimum atomic E-state index is -0.807. The molecule has 0 aliphatic rings. The standard InChI is InChI=1S/C22H28N2O3/c1-2-3-4-5-7-18-9-11-19(12-10-18)23-24-20-13-15-21(16-14-20)27-17-6-8-22(25)26/h9-16H,2-8,17H2,1H3,(H,25,26). The average Bonchev–Trinajstić information content (AvgIpc) is 2.69. The number of ether oxygens (including phenoxy) is 1. The molecule has 0 aliphatic carbocycles. The van der Waals surface area contributed by atoms with E-state index in [0.717, 1.165) is 17.8 Å². The van der Waals surface area contributed by atoms with Crippen molar-refractivity contribution in [3.8, 4) is 5.75 Å². The normalized spacial score (nSPS) is 11.0. The van der Waals surface area contributed by atoms with Gasteiger partial charge in [0, 0.05) is 6.42 Å². The van der Waals surface area contributed by atoms with Crippen LogP contribution in [0.3, 0.4) is 0 Å². The van der Waals surface area contributed by atoms with Gasteiger partial charge in [-0.15, -0.1) is 0 Å². The third-order valence-corrected chi connectivity index (χ3v) is 4.18. The predicted octanol–water partition coefficient (Wildman–Crippen LogP) is 6.47. The Labute approximate surface area is 161 Å². The number of rotatable bonds is 12. The maximum Gasteiger partial charge on any atom is 0.303 e. The summed E-state index contributed by atoms with van der Waals surface area (Å²) in [4.78, 5) is 10.5. The van der Waals surface area contributed by atoms with Gasteiger partial charge in [-0.2, -0.15) is 10.2 Å². The Balaban J connectivity index is 1.78. The van der Waals surface area contributed by atoms with Crippen LogP contribution in [0.25, 0.3) is 0 Å². The Hall–Kier alpha value is -2.69. The zero-order chi connectivity index (χ0) is 19.3. The lowest BCUT2D eigenvalue weighted by atomic mass is 10.1. The van der Waals surface area contributed by atoms with Gasteiger partial charge in [-0.25, -0.2) is 0 Å². The van der Waals surface area contributed by atoms with Crippen LogP contribution in [-0.4, -0.2) is 17.7 Å². The molecule has 144 valence electrons. The summed E-state index contributed by atoms with van der Waals surface area (Å²) in [7, 11) is 0. The van der Waals surface area contributed by atoms with Crippen molar-refractivity contribution >= 4 is 17.3 Å². The molecule has 5 heteroatoms. The number of unbranched alkanes of at least 4 members (excludes halogenated alkanes) is 3. The summed E-state index contributed by atoms with van der Waals surface area (Å²) in [6.45, 7) is 2.61. The van der Waals surface area contributed by atoms with Gasteiger partial charge in [-0.1, -0.05) is 38.3 Å². The molecule has 0 saturated heterocycles. The average molecular weight is 368 g/mol. The van der Waals surface area contributed by atoms with Gasteiger partial charge in [-0.3, -0.25) is 4.79 Å². The molecule has 0 radical (unpaired) electrons. The van der Waals surface area contributed by atoms with Crippen molar-refractivity contribution in [1.82, 2.24) is 0 Å². The molecule has 0 aliphatic heterocycles. The van der Waals surface area contributed by atoms with Crippen LogP contribution in [0.4, 0.5) is 11.4 Å². The summed E-state index contributed by atoms with van der Waals surface area (Å²) in [5, 5.41) is 17.1. The highest BCUT2D eigenvalue weighted by molar-refractivity contribution is 5.66. The molecule has 0 atom stereocenters. The first-order chi connectivity index (χ1) is 13.2. The molecule has 0 amide bonds. The highest BCUT2D eigenvalue weighted by atomic mass is 16.5. The number of carbonyl (C=O) groups is 1. The van der Waals surface area contributed by atoms with Gasteiger partial charge in [-0.05, 0) is 61.2 Å². The van der Waals surface area contributed by atoms with Crippen molar-refractivity contribution in [3.05, 3.63) is 54.1 Å². The number of benzene rings is 2. The van der Waals surface area contributed by atoms with Crippen molar-refractivity contribution in [2.75, 3.05) is 6.61 Å². The van der Waals surface area contributed by atoms with E-state index in [-0.39, 0.29) is 6.42 Å². The van der Waals surface area contributed by atoms with Crippen molar-refractivity contribution in [1.29, 1.82) is 0 Å². The SMILES string of the molecule is CCCCCCc1ccc(N=Nc2ccc(OCCCC(=O)O)cc2)cc1. The molecule has 0 aromatic heterocycles. The molecule has 0 fully saturated rings. The topological polar surface area (TPSA) is 71.2 Å². The van der Waals surface area contributed by atoms with Crippen LogP contribution >= 0.6 is 0 Å². The fourth-order valence-electron chi connectivity index (χ4n) is 2.62. The van der Waals surface area contributed by atoms with Gasteiger partial charge < -0.3 is 9.84 Å². The first-order valence-corrected chi connectivity index (χ1v) is 9.62. The maximum atomic E-state index is 10.5. The summed E-state index contributed by atoms with van der Waals surface area (Å²) < 4.78 is 5.50. The van der Waals surface area contributed by atoms with Crippen LogP contribution < -0.4 is 4.74 Å². The minimum absolute atomic E-state index is 0.115. The number of hydrogen-bond acceptors (Lipinski definition) is 4. The number of aliphatic carboxylic acids is 1. The monoisotopic (exact) mass is 368 g/mol. The van der Waals surface area contributed by atoms with Crippen molar-refractivity contribution < 1.29 is 14.6 Å². The number of azo groups is 1. The van der Waals surface area contributed by atoms with Crippen LogP contribution in [-0.2, 0) is 11.2 Å². The van der Waals surface area contributed by atoms with E-state index >= 15 is 0 Å². The van der Waals surface area contributed by atoms with Gasteiger partial charge >= 0.3 is 5.97 Å². The van der Waals surface area contributed by atoms with Crippen LogP contribution in [0.2, 0.25) is 0 Å². The second-order valence-corrected chi connectivity index (χ2v) is 6.52. The van der Waals surface area contributed by atoms with E-state index in [1.807, 2.05) is 36.4 Å². The Kier molecular flexibility index (Phi) is 9.04. The Morgan fingerprint density at radius 1 is 0.889 bits per heavy atom. The molecule has 5 nitrogen and oxygen atoms in total. The van der Waals surface area contributed by atoms with E-state index in [1.54, 1.807) is 0 Å². The lowest BCUT2D eigenvalue weighted by molar-refractivity contribution is -0.137. The molecule has 0 unspecified atom stereocenters. The number of hydrogen-bond donors (Lipinski definition) is 1. The van der Waals surface area contributed by atoms with Gasteiger partial charge in [0.15, 0.2) is 0 Å². The van der Waals surface area contributed by atoms with Crippen molar-refractivity contribution in [2.24, 2.45) is 10.2 Å². The summed E-state index contributed by atoms with van der Waals surface area (Å²) in [5.41, 5.74) is 2.92. The molecule has 27 heavy (non-hydrogen) atoms. The first kappa shape index (κ1) is 20.6. The molecule has 1 N–H and O–H groups in total. The molecular weight excluding hydrogens is 340 g/mol. The lowest BCUT2D eigenvalue weighted by Crippen LogP contribution is -2.01. The van der Waals surface area contributed by atoms with Crippen LogP contribution in [0.15, 0.2) is 58.8 Å². The smallest absolute Gasteiger partial charge is 0.303 e. The largest absolute Gasteiger partial charge is 0.494 e. The Bertz CT molecular complexity index is 709. The van der Waals surface area contributed by atoms with Crippen LogP contribution in [0, 0.1) is 0 Å². The van der Waals surface area contributed by atoms with E-state index in [0.29, 0.717) is 18.8 Å². The predicted molar refractivity (Wildman–Crippen MR) is 107 cm³/mol. The minimum Gasteiger partial charge on any atom is -0.494 e. The van der Waals surface area contributed by atoms with Crippen molar-refractivity contribution in [3.63, 3.8) is 0 Å². The zero-order valence-corrected chi connectivity index (χ0v) is 15.9. The zero-order valence-electron chi connectivity index (χ0n) is 15.9. The molecule has 2 aromatic rings. The summed E-state index contributed by atoms with van der Waals surface area (Å²) in [6.07, 6.45) is 6.81. The van der Waals surface area contributed by atoms with E-state index in [4.69, 9.17) is 9.84 Å². The summed E-state index contributed by atoms with van der Waals surface area (Å²) in [5.74, 6) is -0.106. The van der Waals surface area contributed by atoms with Gasteiger partial charge in [0.1, 0.15) is 5.75 Å². The van der Waals surface area contributed by atoms with Crippen LogP contribution in [0.1, 0.15) is 51.0 Å². The third-order valence-electron chi connectivity index (χ3n) is 4.18. The quantitative estimate of drug-likeness (QED) is 0.345. The van der Waals surface area contributed by atoms with Gasteiger partial charge in [0.25, 0.3) is 0 Å². The molecule has 2 aromatic carbocycles. The number of aryl methyl sites for hydroxylation is 1. The first-order valence-electron chi connectivity index (χ1n) is 9.62. The van der Waals surface area contributed by atoms with E-state index in [9.17, 15) is 4.79 Å². The number of carboxylic acid groups (broad SMARTS) is 1. The van der Waals surface area contributed by atoms with Gasteiger partial charge in [0.2, 0.25) is 0 Å². The Morgan fingerprint density at radius 2 is 1.52 bits per heavy atom. The number of nitrogens with zero attached hydrogens (tertiary/aromatic N) is 2. The van der Waals surface area contributed by atoms with E-state index in [1.165, 1.54) is 31.2 Å². The summed E-state index contributed by atoms with van der Waals surface area (Å²) >= 11 is 0. The molecule has 0 bridgehead atoms. The van der Waals surface area contributed by atoms with E-state index < -0.39 is 5.97 Å². The lowest BCUT2D eigenvalue weighted by Gasteiger charge is -2.04. The Morgan fingerprint density at radius 3 is 2.11 bits per heavy atom. The van der Waals surface area contributed by atoms with Gasteiger partial charge in [0.05, 0.1) is 18.0 Å². The van der Waals surface area contributed by atoms with Crippen LogP contribution in [0.5, 0.6) is 5.75 Å². The maximum absolute atomic E-state index is 10.5. The molecule has 0 saturated carbocycles. The summed E-state index contributed by atoms with van der Waals surface area (Å²) in [6, 6.07) is 15.5. The third kappa shape index (κ3) is 8.49. The number of carboxylic acids is 1. The highest BCUT2D eigenvalue weighted by Crippen LogP contribution is 2.22. The second-order valence-electron chi connectivity index (χ2n) is 6.52. The van der Waals surface area contributed by atoms with Crippen molar-refractivity contribution in [2.45, 2.75) is 51.9 Å². The molecule has 0 heterocycles.